The molecule has 3 heterocycles. The summed E-state index contributed by atoms with van der Waals surface area (Å²) in [4.78, 5) is 37.2. The summed E-state index contributed by atoms with van der Waals surface area (Å²) >= 11 is 1.45. The van der Waals surface area contributed by atoms with Crippen molar-refractivity contribution in [3.63, 3.8) is 0 Å². The van der Waals surface area contributed by atoms with Crippen molar-refractivity contribution in [1.29, 1.82) is 0 Å². The van der Waals surface area contributed by atoms with Crippen LogP contribution < -0.4 is 11.0 Å². The van der Waals surface area contributed by atoms with Gasteiger partial charge < -0.3 is 4.98 Å². The lowest BCUT2D eigenvalue weighted by molar-refractivity contribution is -0.120. The highest BCUT2D eigenvalue weighted by Crippen LogP contribution is 2.25. The van der Waals surface area contributed by atoms with E-state index in [2.05, 4.69) is 25.5 Å². The Labute approximate surface area is 147 Å². The van der Waals surface area contributed by atoms with Gasteiger partial charge in [-0.15, -0.1) is 11.3 Å². The second-order valence-electron chi connectivity index (χ2n) is 5.60. The molecule has 0 atom stereocenters. The Balaban J connectivity index is 1.75. The predicted molar refractivity (Wildman–Crippen MR) is 98.0 cm³/mol. The summed E-state index contributed by atoms with van der Waals surface area (Å²) in [6.07, 6.45) is 1.60. The quantitative estimate of drug-likeness (QED) is 0.553. The number of carbonyl (C=O) groups is 1. The van der Waals surface area contributed by atoms with Crippen LogP contribution in [0.1, 0.15) is 28.9 Å². The lowest BCUT2D eigenvalue weighted by Crippen LogP contribution is -2.24. The molecule has 0 radical (unpaired) electrons. The molecule has 7 nitrogen and oxygen atoms in total. The van der Waals surface area contributed by atoms with Crippen LogP contribution in [0.15, 0.2) is 34.3 Å². The Morgan fingerprint density at radius 3 is 2.88 bits per heavy atom. The van der Waals surface area contributed by atoms with Crippen LogP contribution in [-0.4, -0.2) is 26.6 Å². The molecule has 8 heteroatoms. The second kappa shape index (κ2) is 6.94. The highest BCUT2D eigenvalue weighted by molar-refractivity contribution is 7.18. The summed E-state index contributed by atoms with van der Waals surface area (Å²) in [6, 6.07) is 5.46. The first-order valence-corrected chi connectivity index (χ1v) is 8.51. The van der Waals surface area contributed by atoms with Crippen LogP contribution in [0.2, 0.25) is 0 Å². The van der Waals surface area contributed by atoms with E-state index in [1.165, 1.54) is 11.3 Å². The van der Waals surface area contributed by atoms with Crippen molar-refractivity contribution in [1.82, 2.24) is 20.4 Å². The number of carbonyl (C=O) groups excluding carboxylic acids is 1. The van der Waals surface area contributed by atoms with Gasteiger partial charge in [-0.1, -0.05) is 6.07 Å². The van der Waals surface area contributed by atoms with Crippen LogP contribution in [0.3, 0.4) is 0 Å². The Kier molecular flexibility index (Phi) is 4.71. The Bertz CT molecular complexity index is 1020. The molecule has 0 aromatic carbocycles. The van der Waals surface area contributed by atoms with Crippen LogP contribution in [0.4, 0.5) is 0 Å². The minimum absolute atomic E-state index is 0.0554. The number of hydrogen-bond donors (Lipinski definition) is 2. The van der Waals surface area contributed by atoms with Crippen molar-refractivity contribution in [3.8, 4) is 0 Å². The highest BCUT2D eigenvalue weighted by atomic mass is 32.1. The first kappa shape index (κ1) is 17.0. The molecule has 0 aliphatic heterocycles. The van der Waals surface area contributed by atoms with Crippen molar-refractivity contribution in [3.05, 3.63) is 56.7 Å². The minimum atomic E-state index is -0.359. The van der Waals surface area contributed by atoms with Crippen LogP contribution in [-0.2, 0) is 11.2 Å². The third kappa shape index (κ3) is 3.63. The second-order valence-corrected chi connectivity index (χ2v) is 6.80. The number of nitrogens with one attached hydrogen (secondary N) is 2. The van der Waals surface area contributed by atoms with Crippen molar-refractivity contribution in [2.45, 2.75) is 27.2 Å². The molecular weight excluding hydrogens is 338 g/mol. The number of fused-ring (bicyclic) bond motifs is 1. The van der Waals surface area contributed by atoms with Gasteiger partial charge in [-0.3, -0.25) is 14.6 Å². The number of pyridine rings is 1. The zero-order chi connectivity index (χ0) is 18.0. The molecule has 3 aromatic rings. The van der Waals surface area contributed by atoms with Gasteiger partial charge in [-0.25, -0.2) is 10.4 Å². The molecule has 0 unspecified atom stereocenters. The molecule has 0 saturated heterocycles. The molecular formula is C17H17N5O2S. The summed E-state index contributed by atoms with van der Waals surface area (Å²) < 4.78 is 0. The third-order valence-corrected chi connectivity index (χ3v) is 4.90. The van der Waals surface area contributed by atoms with E-state index in [4.69, 9.17) is 0 Å². The average molecular weight is 355 g/mol. The van der Waals surface area contributed by atoms with Crippen molar-refractivity contribution < 1.29 is 4.79 Å². The molecule has 0 aliphatic rings. The van der Waals surface area contributed by atoms with E-state index < -0.39 is 0 Å². The molecule has 2 N–H and O–H groups in total. The number of amides is 1. The van der Waals surface area contributed by atoms with E-state index in [-0.39, 0.29) is 17.9 Å². The first-order valence-electron chi connectivity index (χ1n) is 7.69. The number of H-pyrrole nitrogens is 1. The molecule has 0 aliphatic carbocycles. The molecule has 0 saturated carbocycles. The van der Waals surface area contributed by atoms with Crippen LogP contribution in [0.5, 0.6) is 0 Å². The fourth-order valence-electron chi connectivity index (χ4n) is 2.35. The third-order valence-electron chi connectivity index (χ3n) is 3.80. The maximum absolute atomic E-state index is 12.2. The van der Waals surface area contributed by atoms with Crippen LogP contribution in [0.25, 0.3) is 10.2 Å². The fraction of sp³-hybridized carbons (Fsp3) is 0.235. The Hall–Kier alpha value is -2.87. The zero-order valence-corrected chi connectivity index (χ0v) is 14.9. The molecule has 3 rings (SSSR count). The summed E-state index contributed by atoms with van der Waals surface area (Å²) in [5.41, 5.74) is 4.45. The SMILES string of the molecule is C/C(=N/NC(=O)Cc1nc2sc(C)c(C)c2c(=O)[nH]1)c1ccccn1. The molecule has 1 amide bonds. The van der Waals surface area contributed by atoms with Crippen molar-refractivity contribution >= 4 is 33.2 Å². The zero-order valence-electron chi connectivity index (χ0n) is 14.1. The maximum atomic E-state index is 12.2. The van der Waals surface area contributed by atoms with E-state index in [0.717, 1.165) is 10.4 Å². The normalized spacial score (nSPS) is 11.7. The number of thiophene rings is 1. The van der Waals surface area contributed by atoms with E-state index >= 15 is 0 Å². The van der Waals surface area contributed by atoms with Gasteiger partial charge in [0.2, 0.25) is 5.91 Å². The number of hydrazone groups is 1. The van der Waals surface area contributed by atoms with Gasteiger partial charge in [0.1, 0.15) is 10.7 Å². The minimum Gasteiger partial charge on any atom is -0.309 e. The Morgan fingerprint density at radius 1 is 1.36 bits per heavy atom. The summed E-state index contributed by atoms with van der Waals surface area (Å²) in [6.45, 7) is 5.60. The van der Waals surface area contributed by atoms with Gasteiger partial charge >= 0.3 is 0 Å². The summed E-state index contributed by atoms with van der Waals surface area (Å²) in [7, 11) is 0. The molecule has 25 heavy (non-hydrogen) atoms. The van der Waals surface area contributed by atoms with Gasteiger partial charge in [0.15, 0.2) is 0 Å². The number of rotatable bonds is 4. The van der Waals surface area contributed by atoms with Crippen molar-refractivity contribution in [2.24, 2.45) is 5.10 Å². The number of nitrogens with zero attached hydrogens (tertiary/aromatic N) is 3. The predicted octanol–water partition coefficient (Wildman–Crippen LogP) is 2.08. The average Bonchev–Trinajstić information content (AvgIpc) is 2.88. The van der Waals surface area contributed by atoms with Gasteiger partial charge in [-0.2, -0.15) is 5.10 Å². The van der Waals surface area contributed by atoms with E-state index in [1.807, 2.05) is 26.0 Å². The molecule has 128 valence electrons. The molecule has 3 aromatic heterocycles. The van der Waals surface area contributed by atoms with E-state index in [1.54, 1.807) is 19.2 Å². The largest absolute Gasteiger partial charge is 0.309 e. The van der Waals surface area contributed by atoms with Gasteiger partial charge in [0.05, 0.1) is 23.2 Å². The topological polar surface area (TPSA) is 100 Å². The molecule has 0 fully saturated rings. The number of aromatic amines is 1. The van der Waals surface area contributed by atoms with Gasteiger partial charge in [-0.05, 0) is 38.5 Å². The fourth-order valence-corrected chi connectivity index (χ4v) is 3.40. The first-order chi connectivity index (χ1) is 12.0. The lowest BCUT2D eigenvalue weighted by Gasteiger charge is -2.03. The highest BCUT2D eigenvalue weighted by Gasteiger charge is 2.13. The van der Waals surface area contributed by atoms with Gasteiger partial charge in [0.25, 0.3) is 5.56 Å². The molecule has 0 spiro atoms. The van der Waals surface area contributed by atoms with E-state index in [0.29, 0.717) is 27.4 Å². The Morgan fingerprint density at radius 2 is 2.16 bits per heavy atom. The maximum Gasteiger partial charge on any atom is 0.259 e. The van der Waals surface area contributed by atoms with E-state index in [9.17, 15) is 9.59 Å². The lowest BCUT2D eigenvalue weighted by atomic mass is 10.2. The van der Waals surface area contributed by atoms with Gasteiger partial charge in [0, 0.05) is 11.1 Å². The molecule has 0 bridgehead atoms. The number of hydrogen-bond acceptors (Lipinski definition) is 6. The van der Waals surface area contributed by atoms with Crippen molar-refractivity contribution in [2.75, 3.05) is 0 Å². The smallest absolute Gasteiger partial charge is 0.259 e. The summed E-state index contributed by atoms with van der Waals surface area (Å²) in [5, 5.41) is 4.62. The standard InChI is InChI=1S/C17H17N5O2S/c1-9-11(3)25-17-15(9)16(24)19-13(20-17)8-14(23)22-21-10(2)12-6-4-5-7-18-12/h4-7H,8H2,1-3H3,(H,22,23)(H,19,20,24)/b21-10-. The monoisotopic (exact) mass is 355 g/mol. The van der Waals surface area contributed by atoms with Crippen LogP contribution in [0, 0.1) is 13.8 Å². The number of aryl methyl sites for hydroxylation is 2. The summed E-state index contributed by atoms with van der Waals surface area (Å²) in [5.74, 6) is -0.0373. The van der Waals surface area contributed by atoms with Crippen LogP contribution >= 0.6 is 11.3 Å². The number of aromatic nitrogens is 3.